The number of fused-ring (bicyclic) bond motifs is 1. The summed E-state index contributed by atoms with van der Waals surface area (Å²) in [5.74, 6) is -3.72. The van der Waals surface area contributed by atoms with Gasteiger partial charge in [-0.2, -0.15) is 5.01 Å². The van der Waals surface area contributed by atoms with Crippen molar-refractivity contribution in [3.8, 4) is 0 Å². The summed E-state index contributed by atoms with van der Waals surface area (Å²) in [6, 6.07) is 10.7. The van der Waals surface area contributed by atoms with Crippen molar-refractivity contribution < 1.29 is 23.7 Å². The monoisotopic (exact) mass is 581 g/mol. The van der Waals surface area contributed by atoms with Crippen molar-refractivity contribution in [3.05, 3.63) is 75.6 Å². The Morgan fingerprint density at radius 3 is 2.24 bits per heavy atom. The topological polar surface area (TPSA) is 101 Å². The second-order valence-electron chi connectivity index (χ2n) is 7.97. The number of carbonyl (C=O) groups is 3. The van der Waals surface area contributed by atoms with Crippen LogP contribution in [0.5, 0.6) is 0 Å². The van der Waals surface area contributed by atoms with E-state index >= 15 is 0 Å². The molecule has 3 amide bonds. The van der Waals surface area contributed by atoms with E-state index in [-0.39, 0.29) is 33.0 Å². The van der Waals surface area contributed by atoms with Crippen LogP contribution in [0.3, 0.4) is 0 Å². The number of carbonyl (C=O) groups excluding carboxylic acids is 3. The van der Waals surface area contributed by atoms with Crippen molar-refractivity contribution >= 4 is 55.3 Å². The average molecular weight is 583 g/mol. The van der Waals surface area contributed by atoms with Crippen molar-refractivity contribution in [1.29, 1.82) is 0 Å². The maximum absolute atomic E-state index is 14.4. The number of hydrogen-bond acceptors (Lipinski definition) is 5. The quantitative estimate of drug-likeness (QED) is 0.227. The molecule has 2 fully saturated rings. The smallest absolute Gasteiger partial charge is 0.272 e. The van der Waals surface area contributed by atoms with Gasteiger partial charge >= 0.3 is 0 Å². The maximum Gasteiger partial charge on any atom is 0.273 e. The van der Waals surface area contributed by atoms with Crippen molar-refractivity contribution in [2.75, 3.05) is 0 Å². The Bertz CT molecular complexity index is 1120. The molecule has 0 bridgehead atoms. The lowest BCUT2D eigenvalue weighted by Gasteiger charge is -2.30. The third-order valence-corrected chi connectivity index (χ3v) is 8.68. The summed E-state index contributed by atoms with van der Waals surface area (Å²) < 4.78 is 14.4. The zero-order chi connectivity index (χ0) is 23.9. The molecule has 0 N–H and O–H groups in total. The average Bonchev–Trinajstić information content (AvgIpc) is 3.02. The van der Waals surface area contributed by atoms with Gasteiger partial charge in [-0.3, -0.25) is 24.5 Å². The summed E-state index contributed by atoms with van der Waals surface area (Å²) in [6.45, 7) is -0.388. The van der Waals surface area contributed by atoms with Gasteiger partial charge in [-0.05, 0) is 25.0 Å². The molecule has 172 valence electrons. The van der Waals surface area contributed by atoms with Crippen LogP contribution in [0.4, 0.5) is 10.1 Å². The maximum atomic E-state index is 14.4. The van der Waals surface area contributed by atoms with E-state index in [1.807, 2.05) is 0 Å². The Kier molecular flexibility index (Phi) is 6.62. The molecule has 0 spiro atoms. The molecule has 0 unspecified atom stereocenters. The molecule has 2 aromatic rings. The number of non-ortho nitro benzene ring substituents is 1. The zero-order valence-corrected chi connectivity index (χ0v) is 20.2. The summed E-state index contributed by atoms with van der Waals surface area (Å²) in [6.07, 6.45) is 0.806. The van der Waals surface area contributed by atoms with Crippen LogP contribution >= 0.6 is 31.9 Å². The molecule has 2 aromatic carbocycles. The third-order valence-electron chi connectivity index (χ3n) is 5.95. The van der Waals surface area contributed by atoms with E-state index in [2.05, 4.69) is 31.9 Å². The Morgan fingerprint density at radius 1 is 1.06 bits per heavy atom. The van der Waals surface area contributed by atoms with Gasteiger partial charge in [-0.15, -0.1) is 0 Å². The second-order valence-corrected chi connectivity index (χ2v) is 10.3. The highest BCUT2D eigenvalue weighted by Crippen LogP contribution is 2.44. The van der Waals surface area contributed by atoms with Crippen molar-refractivity contribution in [2.45, 2.75) is 29.0 Å². The molecule has 11 heteroatoms. The number of nitro benzene ring substituents is 1. The van der Waals surface area contributed by atoms with Crippen LogP contribution < -0.4 is 0 Å². The number of hydrogen-bond donors (Lipinski definition) is 0. The second kappa shape index (κ2) is 9.30. The predicted molar refractivity (Wildman–Crippen MR) is 123 cm³/mol. The van der Waals surface area contributed by atoms with Crippen LogP contribution in [0.15, 0.2) is 48.5 Å². The predicted octanol–water partition coefficient (Wildman–Crippen LogP) is 4.21. The largest absolute Gasteiger partial charge is 0.273 e. The number of halogens is 3. The number of benzene rings is 2. The first-order valence-electron chi connectivity index (χ1n) is 10.1. The van der Waals surface area contributed by atoms with Crippen LogP contribution in [0.25, 0.3) is 0 Å². The zero-order valence-electron chi connectivity index (χ0n) is 17.1. The lowest BCUT2D eigenvalue weighted by atomic mass is 9.81. The summed E-state index contributed by atoms with van der Waals surface area (Å²) in [5.41, 5.74) is -0.306. The molecule has 0 aromatic heterocycles. The first-order chi connectivity index (χ1) is 15.7. The summed E-state index contributed by atoms with van der Waals surface area (Å²) in [7, 11) is 0. The van der Waals surface area contributed by atoms with Crippen LogP contribution in [0, 0.1) is 27.8 Å². The minimum Gasteiger partial charge on any atom is -0.272 e. The van der Waals surface area contributed by atoms with Gasteiger partial charge in [0, 0.05) is 32.9 Å². The molecule has 0 radical (unpaired) electrons. The molecule has 1 aliphatic heterocycles. The Balaban J connectivity index is 1.75. The molecule has 1 saturated heterocycles. The van der Waals surface area contributed by atoms with Gasteiger partial charge in [0.25, 0.3) is 23.4 Å². The summed E-state index contributed by atoms with van der Waals surface area (Å²) in [5, 5.41) is 12.9. The van der Waals surface area contributed by atoms with Gasteiger partial charge in [0.15, 0.2) is 0 Å². The highest BCUT2D eigenvalue weighted by atomic mass is 79.9. The van der Waals surface area contributed by atoms with Gasteiger partial charge in [-0.25, -0.2) is 9.40 Å². The third kappa shape index (κ3) is 4.43. The Morgan fingerprint density at radius 2 is 1.67 bits per heavy atom. The molecule has 4 rings (SSSR count). The molecule has 1 aliphatic carbocycles. The first-order valence-corrected chi connectivity index (χ1v) is 12.0. The number of imide groups is 1. The van der Waals surface area contributed by atoms with Crippen molar-refractivity contribution in [1.82, 2.24) is 10.0 Å². The van der Waals surface area contributed by atoms with Crippen LogP contribution in [-0.2, 0) is 16.1 Å². The van der Waals surface area contributed by atoms with E-state index in [4.69, 9.17) is 0 Å². The summed E-state index contributed by atoms with van der Waals surface area (Å²) in [4.78, 5) is 50.5. The van der Waals surface area contributed by atoms with Crippen molar-refractivity contribution in [2.24, 2.45) is 11.8 Å². The lowest BCUT2D eigenvalue weighted by molar-refractivity contribution is -0.384. The molecular formula is C22H18Br2FN3O5. The number of nitro groups is 1. The molecule has 8 nitrogen and oxygen atoms in total. The van der Waals surface area contributed by atoms with E-state index in [0.29, 0.717) is 12.8 Å². The van der Waals surface area contributed by atoms with Crippen LogP contribution in [-0.4, -0.2) is 42.3 Å². The molecule has 4 atom stereocenters. The molecule has 2 aliphatic rings. The molecular weight excluding hydrogens is 565 g/mol. The minimum atomic E-state index is -0.812. The first kappa shape index (κ1) is 23.5. The Hall–Kier alpha value is -2.66. The number of alkyl halides is 2. The van der Waals surface area contributed by atoms with E-state index < -0.39 is 40.3 Å². The fourth-order valence-corrected chi connectivity index (χ4v) is 5.48. The van der Waals surface area contributed by atoms with Gasteiger partial charge in [0.1, 0.15) is 5.82 Å². The number of rotatable bonds is 5. The SMILES string of the molecule is O=C(c1cccc([N+](=O)[O-])c1)N(Cc1ccccc1F)N1C(=O)[C@H]2C[C@@H](Br)[C@@H](Br)C[C@H]2C1=O. The van der Waals surface area contributed by atoms with Gasteiger partial charge in [0.05, 0.1) is 23.3 Å². The minimum absolute atomic E-state index is 0.0251. The van der Waals surface area contributed by atoms with Crippen molar-refractivity contribution in [3.63, 3.8) is 0 Å². The van der Waals surface area contributed by atoms with Gasteiger partial charge in [0.2, 0.25) is 0 Å². The highest BCUT2D eigenvalue weighted by molar-refractivity contribution is 9.12. The van der Waals surface area contributed by atoms with Crippen LogP contribution in [0.1, 0.15) is 28.8 Å². The summed E-state index contributed by atoms with van der Waals surface area (Å²) >= 11 is 7.04. The number of amides is 3. The normalized spacial score (nSPS) is 24.5. The highest BCUT2D eigenvalue weighted by Gasteiger charge is 2.54. The lowest BCUT2D eigenvalue weighted by Crippen LogP contribution is -2.50. The fourth-order valence-electron chi connectivity index (χ4n) is 4.24. The van der Waals surface area contributed by atoms with E-state index in [0.717, 1.165) is 16.1 Å². The van der Waals surface area contributed by atoms with Crippen LogP contribution in [0.2, 0.25) is 0 Å². The van der Waals surface area contributed by atoms with E-state index in [9.17, 15) is 28.9 Å². The molecule has 33 heavy (non-hydrogen) atoms. The van der Waals surface area contributed by atoms with Gasteiger partial charge < -0.3 is 0 Å². The standard InChI is InChI=1S/C22H18Br2FN3O5/c23-17-9-15-16(10-18(17)24)22(31)27(21(15)30)26(11-13-4-1-2-7-19(13)25)20(29)12-5-3-6-14(8-12)28(32)33/h1-8,15-18H,9-11H2/t15-,16+,17+,18-. The number of hydrazine groups is 1. The Labute approximate surface area is 205 Å². The fraction of sp³-hybridized carbons (Fsp3) is 0.318. The van der Waals surface area contributed by atoms with E-state index in [1.54, 1.807) is 6.07 Å². The van der Waals surface area contributed by atoms with Gasteiger partial charge in [-0.1, -0.05) is 56.1 Å². The number of nitrogens with zero attached hydrogens (tertiary/aromatic N) is 3. The molecule has 1 heterocycles. The molecule has 1 saturated carbocycles. The van der Waals surface area contributed by atoms with E-state index in [1.165, 1.54) is 36.4 Å².